The molecule has 0 fully saturated rings. The number of hydrogen-bond donors (Lipinski definition) is 0. The van der Waals surface area contributed by atoms with Crippen LogP contribution in [0.15, 0.2) is 53.6 Å². The lowest BCUT2D eigenvalue weighted by molar-refractivity contribution is -0.305. The summed E-state index contributed by atoms with van der Waals surface area (Å²) < 4.78 is 19.4. The summed E-state index contributed by atoms with van der Waals surface area (Å²) in [6.07, 6.45) is -0.344. The Bertz CT molecular complexity index is 880. The Morgan fingerprint density at radius 1 is 1.19 bits per heavy atom. The van der Waals surface area contributed by atoms with Gasteiger partial charge in [-0.15, -0.1) is 0 Å². The van der Waals surface area contributed by atoms with Crippen LogP contribution in [0.2, 0.25) is 0 Å². The molecule has 27 heavy (non-hydrogen) atoms. The number of hydrazone groups is 1. The zero-order chi connectivity index (χ0) is 19.4. The minimum Gasteiger partial charge on any atom is -0.550 e. The van der Waals surface area contributed by atoms with Crippen molar-refractivity contribution in [1.82, 2.24) is 5.01 Å². The highest BCUT2D eigenvalue weighted by Crippen LogP contribution is 2.34. The molecule has 6 nitrogen and oxygen atoms in total. The van der Waals surface area contributed by atoms with E-state index in [-0.39, 0.29) is 6.42 Å². The van der Waals surface area contributed by atoms with E-state index in [1.165, 1.54) is 11.1 Å². The first kappa shape index (κ1) is 18.6. The molecule has 7 heteroatoms. The SMILES string of the molecule is COc1ccc(C2=NN(C(=O)CCC(=O)[O-])[C@@H](c3ccccc3F)C2)cc1. The molecule has 1 aliphatic rings. The lowest BCUT2D eigenvalue weighted by atomic mass is 9.98. The van der Waals surface area contributed by atoms with E-state index in [1.54, 1.807) is 37.4 Å². The maximum atomic E-state index is 14.3. The molecule has 2 aromatic carbocycles. The summed E-state index contributed by atoms with van der Waals surface area (Å²) >= 11 is 0. The predicted molar refractivity (Wildman–Crippen MR) is 94.4 cm³/mol. The molecule has 1 heterocycles. The fraction of sp³-hybridized carbons (Fsp3) is 0.250. The van der Waals surface area contributed by atoms with Gasteiger partial charge in [0.2, 0.25) is 5.91 Å². The van der Waals surface area contributed by atoms with E-state index in [2.05, 4.69) is 5.10 Å². The molecule has 0 aliphatic carbocycles. The molecule has 0 aromatic heterocycles. The van der Waals surface area contributed by atoms with Gasteiger partial charge in [-0.05, 0) is 42.3 Å². The van der Waals surface area contributed by atoms with Crippen molar-refractivity contribution in [2.75, 3.05) is 7.11 Å². The quantitative estimate of drug-likeness (QED) is 0.780. The highest BCUT2D eigenvalue weighted by Gasteiger charge is 2.34. The van der Waals surface area contributed by atoms with Crippen molar-refractivity contribution >= 4 is 17.6 Å². The smallest absolute Gasteiger partial charge is 0.243 e. The van der Waals surface area contributed by atoms with Crippen molar-refractivity contribution in [3.05, 3.63) is 65.5 Å². The number of hydrogen-bond acceptors (Lipinski definition) is 5. The Labute approximate surface area is 155 Å². The minimum absolute atomic E-state index is 0.257. The van der Waals surface area contributed by atoms with Crippen LogP contribution in [0.25, 0.3) is 0 Å². The van der Waals surface area contributed by atoms with Crippen LogP contribution in [0, 0.1) is 5.82 Å². The van der Waals surface area contributed by atoms with Gasteiger partial charge < -0.3 is 14.6 Å². The molecule has 1 atom stereocenters. The average Bonchev–Trinajstić information content (AvgIpc) is 3.11. The summed E-state index contributed by atoms with van der Waals surface area (Å²) in [6, 6.07) is 12.7. The first-order valence-electron chi connectivity index (χ1n) is 8.48. The van der Waals surface area contributed by atoms with Gasteiger partial charge in [-0.2, -0.15) is 5.10 Å². The van der Waals surface area contributed by atoms with E-state index < -0.39 is 30.2 Å². The summed E-state index contributed by atoms with van der Waals surface area (Å²) in [4.78, 5) is 23.2. The van der Waals surface area contributed by atoms with Crippen LogP contribution in [-0.2, 0) is 9.59 Å². The number of aliphatic carboxylic acids is 1. The lowest BCUT2D eigenvalue weighted by Gasteiger charge is -2.22. The Morgan fingerprint density at radius 2 is 1.89 bits per heavy atom. The molecule has 3 rings (SSSR count). The van der Waals surface area contributed by atoms with Crippen LogP contribution in [-0.4, -0.2) is 29.7 Å². The summed E-state index contributed by atoms with van der Waals surface area (Å²) in [6.45, 7) is 0. The van der Waals surface area contributed by atoms with Gasteiger partial charge in [-0.25, -0.2) is 9.40 Å². The summed E-state index contributed by atoms with van der Waals surface area (Å²) in [7, 11) is 1.56. The van der Waals surface area contributed by atoms with E-state index in [1.807, 2.05) is 12.1 Å². The third-order valence-electron chi connectivity index (χ3n) is 4.40. The van der Waals surface area contributed by atoms with E-state index in [0.29, 0.717) is 23.4 Å². The molecule has 0 unspecified atom stereocenters. The van der Waals surface area contributed by atoms with Crippen molar-refractivity contribution in [3.63, 3.8) is 0 Å². The number of carbonyl (C=O) groups is 2. The fourth-order valence-electron chi connectivity index (χ4n) is 3.01. The summed E-state index contributed by atoms with van der Waals surface area (Å²) in [5.41, 5.74) is 1.74. The number of carboxylic acid groups (broad SMARTS) is 1. The number of nitrogens with zero attached hydrogens (tertiary/aromatic N) is 2. The van der Waals surface area contributed by atoms with Crippen LogP contribution in [0.1, 0.15) is 36.4 Å². The number of benzene rings is 2. The van der Waals surface area contributed by atoms with Crippen LogP contribution < -0.4 is 9.84 Å². The normalized spacial score (nSPS) is 16.1. The van der Waals surface area contributed by atoms with Crippen molar-refractivity contribution in [2.24, 2.45) is 5.10 Å². The third-order valence-corrected chi connectivity index (χ3v) is 4.40. The van der Waals surface area contributed by atoms with Crippen molar-refractivity contribution in [2.45, 2.75) is 25.3 Å². The van der Waals surface area contributed by atoms with Crippen LogP contribution in [0.5, 0.6) is 5.75 Å². The monoisotopic (exact) mass is 369 g/mol. The van der Waals surface area contributed by atoms with Gasteiger partial charge in [-0.1, -0.05) is 18.2 Å². The Morgan fingerprint density at radius 3 is 2.52 bits per heavy atom. The first-order chi connectivity index (χ1) is 13.0. The molecule has 1 amide bonds. The standard InChI is InChI=1S/C20H19FN2O4/c1-27-14-8-6-13(7-9-14)17-12-18(15-4-2-3-5-16(15)21)23(22-17)19(24)10-11-20(25)26/h2-9,18H,10-12H2,1H3,(H,25,26)/p-1/t18-/m1/s1. The van der Waals surface area contributed by atoms with Gasteiger partial charge in [0.15, 0.2) is 0 Å². The summed E-state index contributed by atoms with van der Waals surface area (Å²) in [5, 5.41) is 16.2. The molecular formula is C20H18FN2O4-. The largest absolute Gasteiger partial charge is 0.550 e. The Hall–Kier alpha value is -3.22. The van der Waals surface area contributed by atoms with Crippen LogP contribution >= 0.6 is 0 Å². The molecule has 140 valence electrons. The van der Waals surface area contributed by atoms with Gasteiger partial charge in [0, 0.05) is 24.4 Å². The Balaban J connectivity index is 1.91. The molecule has 0 spiro atoms. The van der Waals surface area contributed by atoms with E-state index in [4.69, 9.17) is 4.74 Å². The number of halogens is 1. The second kappa shape index (κ2) is 7.99. The summed E-state index contributed by atoms with van der Waals surface area (Å²) in [5.74, 6) is -1.56. The van der Waals surface area contributed by atoms with Gasteiger partial charge >= 0.3 is 0 Å². The number of carbonyl (C=O) groups excluding carboxylic acids is 2. The number of ether oxygens (including phenoxy) is 1. The molecule has 0 bridgehead atoms. The molecule has 0 radical (unpaired) electrons. The highest BCUT2D eigenvalue weighted by atomic mass is 19.1. The average molecular weight is 369 g/mol. The maximum absolute atomic E-state index is 14.3. The van der Waals surface area contributed by atoms with Gasteiger partial charge in [0.1, 0.15) is 11.6 Å². The van der Waals surface area contributed by atoms with Gasteiger partial charge in [0.05, 0.1) is 18.9 Å². The zero-order valence-corrected chi connectivity index (χ0v) is 14.7. The fourth-order valence-corrected chi connectivity index (χ4v) is 3.01. The lowest BCUT2D eigenvalue weighted by Crippen LogP contribution is -2.30. The van der Waals surface area contributed by atoms with Crippen LogP contribution in [0.3, 0.4) is 0 Å². The van der Waals surface area contributed by atoms with E-state index in [9.17, 15) is 19.1 Å². The minimum atomic E-state index is -1.32. The first-order valence-corrected chi connectivity index (χ1v) is 8.48. The van der Waals surface area contributed by atoms with Crippen molar-refractivity contribution in [1.29, 1.82) is 0 Å². The number of methoxy groups -OCH3 is 1. The second-order valence-electron chi connectivity index (χ2n) is 6.13. The molecule has 0 saturated carbocycles. The van der Waals surface area contributed by atoms with Gasteiger partial charge in [-0.3, -0.25) is 4.79 Å². The van der Waals surface area contributed by atoms with E-state index >= 15 is 0 Å². The van der Waals surface area contributed by atoms with Crippen molar-refractivity contribution < 1.29 is 23.8 Å². The predicted octanol–water partition coefficient (Wildman–Crippen LogP) is 2.04. The maximum Gasteiger partial charge on any atom is 0.243 e. The highest BCUT2D eigenvalue weighted by molar-refractivity contribution is 6.03. The van der Waals surface area contributed by atoms with E-state index in [0.717, 1.165) is 5.56 Å². The molecule has 1 aliphatic heterocycles. The van der Waals surface area contributed by atoms with Crippen molar-refractivity contribution in [3.8, 4) is 5.75 Å². The molecular weight excluding hydrogens is 351 g/mol. The van der Waals surface area contributed by atoms with Gasteiger partial charge in [0.25, 0.3) is 0 Å². The molecule has 0 N–H and O–H groups in total. The van der Waals surface area contributed by atoms with Crippen LogP contribution in [0.4, 0.5) is 4.39 Å². The molecule has 0 saturated heterocycles. The topological polar surface area (TPSA) is 82.0 Å². The molecule has 2 aromatic rings. The number of amides is 1. The zero-order valence-electron chi connectivity index (χ0n) is 14.7. The number of carboxylic acids is 1. The third kappa shape index (κ3) is 4.13. The second-order valence-corrected chi connectivity index (χ2v) is 6.13. The Kier molecular flexibility index (Phi) is 5.49. The number of rotatable bonds is 6.